The van der Waals surface area contributed by atoms with Crippen LogP contribution in [0.4, 0.5) is 0 Å². The third-order valence-corrected chi connectivity index (χ3v) is 2.63. The average molecular weight is 198 g/mol. The van der Waals surface area contributed by atoms with Crippen molar-refractivity contribution in [2.45, 2.75) is 11.9 Å². The minimum atomic E-state index is 0.656. The van der Waals surface area contributed by atoms with Crippen LogP contribution in [0.25, 0.3) is 0 Å². The first-order valence-electron chi connectivity index (χ1n) is 4.12. The molecular weight excluding hydrogens is 184 g/mol. The summed E-state index contributed by atoms with van der Waals surface area (Å²) in [6.45, 7) is 2.66. The van der Waals surface area contributed by atoms with Gasteiger partial charge in [-0.05, 0) is 18.6 Å². The second-order valence-electron chi connectivity index (χ2n) is 2.60. The Bertz CT molecular complexity index is 278. The lowest BCUT2D eigenvalue weighted by molar-refractivity contribution is 0.397. The number of ether oxygens (including phenoxy) is 1. The van der Waals surface area contributed by atoms with Crippen LogP contribution < -0.4 is 10.5 Å². The molecule has 0 radical (unpaired) electrons. The maximum Gasteiger partial charge on any atom is 0.153 e. The summed E-state index contributed by atoms with van der Waals surface area (Å²) in [5.74, 6) is 1.73. The standard InChI is InChI=1S/C9H14N2OS/c1-7-3-5-11-9(8(7)12-2)13-6-4-10/h3,5H,4,6,10H2,1-2H3. The van der Waals surface area contributed by atoms with E-state index in [1.54, 1.807) is 25.1 Å². The van der Waals surface area contributed by atoms with E-state index in [0.717, 1.165) is 22.1 Å². The molecule has 1 rings (SSSR count). The van der Waals surface area contributed by atoms with Gasteiger partial charge in [0.05, 0.1) is 7.11 Å². The molecule has 0 amide bonds. The van der Waals surface area contributed by atoms with E-state index in [1.165, 1.54) is 0 Å². The summed E-state index contributed by atoms with van der Waals surface area (Å²) in [5.41, 5.74) is 6.52. The van der Waals surface area contributed by atoms with Crippen molar-refractivity contribution in [3.8, 4) is 5.75 Å². The van der Waals surface area contributed by atoms with Gasteiger partial charge < -0.3 is 10.5 Å². The minimum absolute atomic E-state index is 0.656. The first kappa shape index (κ1) is 10.3. The molecule has 0 aromatic carbocycles. The highest BCUT2D eigenvalue weighted by Crippen LogP contribution is 2.29. The fourth-order valence-corrected chi connectivity index (χ4v) is 1.85. The van der Waals surface area contributed by atoms with Crippen LogP contribution >= 0.6 is 11.8 Å². The van der Waals surface area contributed by atoms with Crippen LogP contribution in [0, 0.1) is 6.92 Å². The molecule has 1 aromatic rings. The smallest absolute Gasteiger partial charge is 0.153 e. The molecule has 0 aliphatic rings. The second kappa shape index (κ2) is 5.09. The lowest BCUT2D eigenvalue weighted by atomic mass is 10.3. The molecule has 0 saturated heterocycles. The summed E-state index contributed by atoms with van der Waals surface area (Å²) < 4.78 is 5.25. The van der Waals surface area contributed by atoms with Crippen LogP contribution in [0.1, 0.15) is 5.56 Å². The van der Waals surface area contributed by atoms with Crippen LogP contribution in [0.15, 0.2) is 17.3 Å². The molecule has 72 valence electrons. The summed E-state index contributed by atoms with van der Waals surface area (Å²) in [5, 5.41) is 0.924. The molecule has 0 aliphatic heterocycles. The number of nitrogens with two attached hydrogens (primary N) is 1. The molecule has 0 unspecified atom stereocenters. The van der Waals surface area contributed by atoms with Gasteiger partial charge in [0, 0.05) is 18.5 Å². The van der Waals surface area contributed by atoms with Crippen LogP contribution in [-0.2, 0) is 0 Å². The summed E-state index contributed by atoms with van der Waals surface area (Å²) >= 11 is 1.62. The topological polar surface area (TPSA) is 48.1 Å². The summed E-state index contributed by atoms with van der Waals surface area (Å²) in [6.07, 6.45) is 1.79. The molecule has 0 bridgehead atoms. The van der Waals surface area contributed by atoms with E-state index in [0.29, 0.717) is 6.54 Å². The minimum Gasteiger partial charge on any atom is -0.494 e. The van der Waals surface area contributed by atoms with E-state index in [4.69, 9.17) is 10.5 Å². The van der Waals surface area contributed by atoms with E-state index in [-0.39, 0.29) is 0 Å². The first-order valence-corrected chi connectivity index (χ1v) is 5.10. The molecule has 0 aliphatic carbocycles. The summed E-state index contributed by atoms with van der Waals surface area (Å²) in [7, 11) is 1.66. The van der Waals surface area contributed by atoms with Crippen molar-refractivity contribution in [3.05, 3.63) is 17.8 Å². The number of thioether (sulfide) groups is 1. The molecule has 1 aromatic heterocycles. The Hall–Kier alpha value is -0.740. The van der Waals surface area contributed by atoms with Gasteiger partial charge in [-0.15, -0.1) is 11.8 Å². The lowest BCUT2D eigenvalue weighted by Crippen LogP contribution is -2.02. The van der Waals surface area contributed by atoms with Crippen LogP contribution in [0.5, 0.6) is 5.75 Å². The number of hydrogen-bond acceptors (Lipinski definition) is 4. The zero-order chi connectivity index (χ0) is 9.68. The van der Waals surface area contributed by atoms with Gasteiger partial charge in [0.15, 0.2) is 5.75 Å². The fourth-order valence-electron chi connectivity index (χ4n) is 1.03. The van der Waals surface area contributed by atoms with Gasteiger partial charge in [-0.2, -0.15) is 0 Å². The van der Waals surface area contributed by atoms with Crippen molar-refractivity contribution >= 4 is 11.8 Å². The predicted octanol–water partition coefficient (Wildman–Crippen LogP) is 1.45. The molecule has 3 nitrogen and oxygen atoms in total. The number of methoxy groups -OCH3 is 1. The Morgan fingerprint density at radius 1 is 1.62 bits per heavy atom. The monoisotopic (exact) mass is 198 g/mol. The Morgan fingerprint density at radius 3 is 3.00 bits per heavy atom. The van der Waals surface area contributed by atoms with E-state index in [1.807, 2.05) is 13.0 Å². The van der Waals surface area contributed by atoms with Crippen LogP contribution in [0.2, 0.25) is 0 Å². The fraction of sp³-hybridized carbons (Fsp3) is 0.444. The maximum atomic E-state index is 5.42. The van der Waals surface area contributed by atoms with E-state index >= 15 is 0 Å². The second-order valence-corrected chi connectivity index (χ2v) is 3.69. The van der Waals surface area contributed by atoms with E-state index in [2.05, 4.69) is 4.98 Å². The van der Waals surface area contributed by atoms with Gasteiger partial charge in [0.2, 0.25) is 0 Å². The number of aryl methyl sites for hydroxylation is 1. The third kappa shape index (κ3) is 2.60. The molecule has 0 saturated carbocycles. The zero-order valence-corrected chi connectivity index (χ0v) is 8.73. The van der Waals surface area contributed by atoms with Crippen LogP contribution in [0.3, 0.4) is 0 Å². The Labute approximate surface area is 82.7 Å². The highest BCUT2D eigenvalue weighted by Gasteiger charge is 2.06. The third-order valence-electron chi connectivity index (χ3n) is 1.63. The number of pyridine rings is 1. The van der Waals surface area contributed by atoms with Gasteiger partial charge >= 0.3 is 0 Å². The summed E-state index contributed by atoms with van der Waals surface area (Å²) in [4.78, 5) is 4.23. The normalized spacial score (nSPS) is 10.1. The van der Waals surface area contributed by atoms with Gasteiger partial charge in [-0.1, -0.05) is 0 Å². The van der Waals surface area contributed by atoms with Gasteiger partial charge in [-0.25, -0.2) is 4.98 Å². The molecule has 13 heavy (non-hydrogen) atoms. The van der Waals surface area contributed by atoms with Crippen molar-refractivity contribution in [1.29, 1.82) is 0 Å². The van der Waals surface area contributed by atoms with Crippen LogP contribution in [-0.4, -0.2) is 24.4 Å². The molecule has 1 heterocycles. The van der Waals surface area contributed by atoms with E-state index < -0.39 is 0 Å². The van der Waals surface area contributed by atoms with Crippen molar-refractivity contribution in [1.82, 2.24) is 4.98 Å². The van der Waals surface area contributed by atoms with Gasteiger partial charge in [-0.3, -0.25) is 0 Å². The quantitative estimate of drug-likeness (QED) is 0.744. The largest absolute Gasteiger partial charge is 0.494 e. The Morgan fingerprint density at radius 2 is 2.38 bits per heavy atom. The lowest BCUT2D eigenvalue weighted by Gasteiger charge is -2.08. The van der Waals surface area contributed by atoms with Crippen molar-refractivity contribution < 1.29 is 4.74 Å². The van der Waals surface area contributed by atoms with Crippen molar-refractivity contribution in [2.75, 3.05) is 19.4 Å². The predicted molar refractivity (Wildman–Crippen MR) is 55.3 cm³/mol. The molecule has 4 heteroatoms. The van der Waals surface area contributed by atoms with E-state index in [9.17, 15) is 0 Å². The number of rotatable bonds is 4. The number of aromatic nitrogens is 1. The zero-order valence-electron chi connectivity index (χ0n) is 7.91. The maximum absolute atomic E-state index is 5.42. The molecule has 0 spiro atoms. The molecular formula is C9H14N2OS. The highest BCUT2D eigenvalue weighted by molar-refractivity contribution is 7.99. The average Bonchev–Trinajstić information content (AvgIpc) is 2.15. The Kier molecular flexibility index (Phi) is 4.05. The Balaban J connectivity index is 2.85. The van der Waals surface area contributed by atoms with Crippen molar-refractivity contribution in [3.63, 3.8) is 0 Å². The number of hydrogen-bond donors (Lipinski definition) is 1. The first-order chi connectivity index (χ1) is 6.29. The van der Waals surface area contributed by atoms with Crippen molar-refractivity contribution in [2.24, 2.45) is 5.73 Å². The molecule has 0 fully saturated rings. The van der Waals surface area contributed by atoms with Gasteiger partial charge in [0.1, 0.15) is 5.03 Å². The molecule has 2 N–H and O–H groups in total. The van der Waals surface area contributed by atoms with Gasteiger partial charge in [0.25, 0.3) is 0 Å². The summed E-state index contributed by atoms with van der Waals surface area (Å²) in [6, 6.07) is 1.94. The SMILES string of the molecule is COc1c(C)ccnc1SCCN. The highest BCUT2D eigenvalue weighted by atomic mass is 32.2. The molecule has 0 atom stereocenters. The number of nitrogens with zero attached hydrogens (tertiary/aromatic N) is 1.